The summed E-state index contributed by atoms with van der Waals surface area (Å²) in [7, 11) is 3.00. The Balaban J connectivity index is 1.79. The van der Waals surface area contributed by atoms with E-state index in [4.69, 9.17) is 9.47 Å². The molecule has 0 heterocycles. The number of amides is 2. The summed E-state index contributed by atoms with van der Waals surface area (Å²) < 4.78 is 10.0. The Labute approximate surface area is 157 Å². The summed E-state index contributed by atoms with van der Waals surface area (Å²) in [5.41, 5.74) is 2.04. The third kappa shape index (κ3) is 6.14. The van der Waals surface area contributed by atoms with Crippen molar-refractivity contribution < 1.29 is 23.9 Å². The molecular weight excluding hydrogens is 348 g/mol. The van der Waals surface area contributed by atoms with E-state index in [1.807, 2.05) is 19.1 Å². The van der Waals surface area contributed by atoms with E-state index in [0.717, 1.165) is 5.56 Å². The van der Waals surface area contributed by atoms with Crippen LogP contribution in [0.4, 0.5) is 5.69 Å². The Kier molecular flexibility index (Phi) is 6.93. The summed E-state index contributed by atoms with van der Waals surface area (Å²) in [4.78, 5) is 37.2. The van der Waals surface area contributed by atoms with Crippen molar-refractivity contribution in [2.24, 2.45) is 0 Å². The summed E-state index contributed by atoms with van der Waals surface area (Å²) in [6.45, 7) is 1.36. The van der Waals surface area contributed by atoms with E-state index in [1.54, 1.807) is 36.4 Å². The van der Waals surface area contributed by atoms with Gasteiger partial charge in [0.25, 0.3) is 5.91 Å². The van der Waals surface area contributed by atoms with Gasteiger partial charge in [-0.2, -0.15) is 0 Å². The van der Waals surface area contributed by atoms with E-state index in [-0.39, 0.29) is 12.5 Å². The van der Waals surface area contributed by atoms with Crippen molar-refractivity contribution in [3.63, 3.8) is 0 Å². The number of rotatable bonds is 7. The molecule has 2 rings (SSSR count). The Bertz CT molecular complexity index is 800. The van der Waals surface area contributed by atoms with Crippen LogP contribution in [0, 0.1) is 6.92 Å². The number of hydrogen-bond acceptors (Lipinski definition) is 5. The van der Waals surface area contributed by atoms with Gasteiger partial charge in [-0.05, 0) is 43.3 Å². The number of carbonyl (C=O) groups is 3. The summed E-state index contributed by atoms with van der Waals surface area (Å²) in [5, 5.41) is 2.70. The highest BCUT2D eigenvalue weighted by Gasteiger charge is 2.16. The number of likely N-dealkylation sites (N-methyl/N-ethyl adjacent to an activating group) is 1. The predicted molar refractivity (Wildman–Crippen MR) is 101 cm³/mol. The van der Waals surface area contributed by atoms with E-state index in [9.17, 15) is 14.4 Å². The largest absolute Gasteiger partial charge is 0.497 e. The number of ether oxygens (including phenoxy) is 2. The van der Waals surface area contributed by atoms with Crippen molar-refractivity contribution in [2.45, 2.75) is 6.92 Å². The van der Waals surface area contributed by atoms with Crippen molar-refractivity contribution >= 4 is 23.5 Å². The minimum Gasteiger partial charge on any atom is -0.497 e. The number of methoxy groups -OCH3 is 1. The molecular formula is C20H22N2O5. The molecule has 0 aliphatic carbocycles. The van der Waals surface area contributed by atoms with E-state index in [2.05, 4.69) is 5.32 Å². The monoisotopic (exact) mass is 370 g/mol. The van der Waals surface area contributed by atoms with Crippen LogP contribution in [-0.4, -0.2) is 50.0 Å². The third-order valence-electron chi connectivity index (χ3n) is 3.79. The van der Waals surface area contributed by atoms with Gasteiger partial charge in [0.05, 0.1) is 19.2 Å². The molecule has 0 saturated heterocycles. The molecule has 0 bridgehead atoms. The van der Waals surface area contributed by atoms with Gasteiger partial charge in [-0.3, -0.25) is 9.59 Å². The molecule has 0 unspecified atom stereocenters. The van der Waals surface area contributed by atoms with Crippen LogP contribution in [0.15, 0.2) is 48.5 Å². The lowest BCUT2D eigenvalue weighted by Crippen LogP contribution is -2.37. The maximum Gasteiger partial charge on any atom is 0.338 e. The molecule has 7 heteroatoms. The van der Waals surface area contributed by atoms with Crippen LogP contribution in [0.3, 0.4) is 0 Å². The molecule has 1 N–H and O–H groups in total. The SMILES string of the molecule is COc1ccc(C(=O)OCC(=O)N(C)CC(=O)Nc2ccc(C)cc2)cc1. The average molecular weight is 370 g/mol. The van der Waals surface area contributed by atoms with Crippen LogP contribution < -0.4 is 10.1 Å². The van der Waals surface area contributed by atoms with Crippen molar-refractivity contribution in [1.29, 1.82) is 0 Å². The number of esters is 1. The number of nitrogens with zero attached hydrogens (tertiary/aromatic N) is 1. The first-order chi connectivity index (χ1) is 12.9. The zero-order valence-corrected chi connectivity index (χ0v) is 15.5. The highest BCUT2D eigenvalue weighted by molar-refractivity contribution is 5.95. The lowest BCUT2D eigenvalue weighted by molar-refractivity contribution is -0.136. The first kappa shape index (κ1) is 20.0. The first-order valence-electron chi connectivity index (χ1n) is 8.30. The summed E-state index contributed by atoms with van der Waals surface area (Å²) in [5.74, 6) is -0.822. The van der Waals surface area contributed by atoms with Gasteiger partial charge in [0, 0.05) is 12.7 Å². The van der Waals surface area contributed by atoms with E-state index < -0.39 is 18.5 Å². The molecule has 0 aromatic heterocycles. The Morgan fingerprint density at radius 1 is 1.00 bits per heavy atom. The normalized spacial score (nSPS) is 10.0. The fourth-order valence-electron chi connectivity index (χ4n) is 2.19. The fourth-order valence-corrected chi connectivity index (χ4v) is 2.19. The number of benzene rings is 2. The zero-order valence-electron chi connectivity index (χ0n) is 15.5. The number of anilines is 1. The van der Waals surface area contributed by atoms with Gasteiger partial charge >= 0.3 is 5.97 Å². The number of carbonyl (C=O) groups excluding carboxylic acids is 3. The zero-order chi connectivity index (χ0) is 19.8. The molecule has 2 amide bonds. The number of nitrogens with one attached hydrogen (secondary N) is 1. The van der Waals surface area contributed by atoms with E-state index in [1.165, 1.54) is 19.1 Å². The second-order valence-corrected chi connectivity index (χ2v) is 5.97. The van der Waals surface area contributed by atoms with Crippen LogP contribution in [0.1, 0.15) is 15.9 Å². The van der Waals surface area contributed by atoms with Gasteiger partial charge in [-0.1, -0.05) is 17.7 Å². The summed E-state index contributed by atoms with van der Waals surface area (Å²) >= 11 is 0. The van der Waals surface area contributed by atoms with Gasteiger partial charge in [0.1, 0.15) is 5.75 Å². The van der Waals surface area contributed by atoms with Gasteiger partial charge in [0.15, 0.2) is 6.61 Å². The molecule has 0 aliphatic rings. The summed E-state index contributed by atoms with van der Waals surface area (Å²) in [6.07, 6.45) is 0. The lowest BCUT2D eigenvalue weighted by atomic mass is 10.2. The van der Waals surface area contributed by atoms with Crippen LogP contribution in [-0.2, 0) is 14.3 Å². The summed E-state index contributed by atoms with van der Waals surface area (Å²) in [6, 6.07) is 13.7. The third-order valence-corrected chi connectivity index (χ3v) is 3.79. The first-order valence-corrected chi connectivity index (χ1v) is 8.30. The topological polar surface area (TPSA) is 84.9 Å². The molecule has 7 nitrogen and oxygen atoms in total. The molecule has 0 saturated carbocycles. The second-order valence-electron chi connectivity index (χ2n) is 5.97. The Morgan fingerprint density at radius 3 is 2.22 bits per heavy atom. The number of aryl methyl sites for hydroxylation is 1. The molecule has 0 spiro atoms. The molecule has 2 aromatic carbocycles. The van der Waals surface area contributed by atoms with Crippen LogP contribution in [0.5, 0.6) is 5.75 Å². The second kappa shape index (κ2) is 9.38. The van der Waals surface area contributed by atoms with Crippen molar-refractivity contribution in [3.8, 4) is 5.75 Å². The molecule has 0 atom stereocenters. The molecule has 142 valence electrons. The van der Waals surface area contributed by atoms with E-state index >= 15 is 0 Å². The van der Waals surface area contributed by atoms with Crippen LogP contribution in [0.25, 0.3) is 0 Å². The van der Waals surface area contributed by atoms with Crippen molar-refractivity contribution in [3.05, 3.63) is 59.7 Å². The predicted octanol–water partition coefficient (Wildman–Crippen LogP) is 2.26. The van der Waals surface area contributed by atoms with Gasteiger partial charge in [-0.15, -0.1) is 0 Å². The smallest absolute Gasteiger partial charge is 0.338 e. The molecule has 2 aromatic rings. The highest BCUT2D eigenvalue weighted by atomic mass is 16.5. The minimum absolute atomic E-state index is 0.146. The van der Waals surface area contributed by atoms with Crippen LogP contribution in [0.2, 0.25) is 0 Å². The molecule has 0 aliphatic heterocycles. The van der Waals surface area contributed by atoms with Crippen LogP contribution >= 0.6 is 0 Å². The molecule has 0 radical (unpaired) electrons. The average Bonchev–Trinajstić information content (AvgIpc) is 2.67. The molecule has 0 fully saturated rings. The Morgan fingerprint density at radius 2 is 1.63 bits per heavy atom. The minimum atomic E-state index is -0.622. The van der Waals surface area contributed by atoms with Crippen molar-refractivity contribution in [2.75, 3.05) is 32.6 Å². The van der Waals surface area contributed by atoms with Gasteiger partial charge < -0.3 is 19.7 Å². The van der Waals surface area contributed by atoms with Gasteiger partial charge in [-0.25, -0.2) is 4.79 Å². The number of hydrogen-bond donors (Lipinski definition) is 1. The quantitative estimate of drug-likeness (QED) is 0.756. The van der Waals surface area contributed by atoms with Gasteiger partial charge in [0.2, 0.25) is 5.91 Å². The maximum atomic E-state index is 12.1. The van der Waals surface area contributed by atoms with Crippen molar-refractivity contribution in [1.82, 2.24) is 4.90 Å². The fraction of sp³-hybridized carbons (Fsp3) is 0.250. The highest BCUT2D eigenvalue weighted by Crippen LogP contribution is 2.12. The maximum absolute atomic E-state index is 12.1. The standard InChI is InChI=1S/C20H22N2O5/c1-14-4-8-16(9-5-14)21-18(23)12-22(2)19(24)13-27-20(25)15-6-10-17(26-3)11-7-15/h4-11H,12-13H2,1-3H3,(H,21,23). The van der Waals surface area contributed by atoms with E-state index in [0.29, 0.717) is 17.0 Å². The molecule has 27 heavy (non-hydrogen) atoms. The lowest BCUT2D eigenvalue weighted by Gasteiger charge is -2.17. The Hall–Kier alpha value is -3.35.